The Bertz CT molecular complexity index is 782. The summed E-state index contributed by atoms with van der Waals surface area (Å²) in [6.07, 6.45) is 0. The zero-order valence-corrected chi connectivity index (χ0v) is 13.5. The second-order valence-corrected chi connectivity index (χ2v) is 6.41. The van der Waals surface area contributed by atoms with Crippen LogP contribution in [0, 0.1) is 6.92 Å². The lowest BCUT2D eigenvalue weighted by atomic mass is 10.2. The minimum atomic E-state index is 0.740. The van der Waals surface area contributed by atoms with Gasteiger partial charge >= 0.3 is 0 Å². The molecule has 0 aliphatic heterocycles. The van der Waals surface area contributed by atoms with Crippen LogP contribution in [0.25, 0.3) is 11.0 Å². The third-order valence-electron chi connectivity index (χ3n) is 3.22. The molecule has 0 aliphatic carbocycles. The maximum Gasteiger partial charge on any atom is 0.171 e. The average molecular weight is 318 g/mol. The fourth-order valence-corrected chi connectivity index (χ4v) is 3.42. The van der Waals surface area contributed by atoms with Crippen LogP contribution in [0.5, 0.6) is 0 Å². The van der Waals surface area contributed by atoms with E-state index in [4.69, 9.17) is 11.6 Å². The Hall–Kier alpha value is -1.49. The van der Waals surface area contributed by atoms with Gasteiger partial charge in [-0.2, -0.15) is 0 Å². The molecule has 1 aromatic heterocycles. The molecule has 3 rings (SSSR count). The van der Waals surface area contributed by atoms with Crippen molar-refractivity contribution in [3.8, 4) is 0 Å². The van der Waals surface area contributed by atoms with Crippen molar-refractivity contribution in [1.82, 2.24) is 15.3 Å². The Labute approximate surface area is 133 Å². The number of aryl methyl sites for hydroxylation is 1. The molecule has 108 valence electrons. The predicted octanol–water partition coefficient (Wildman–Crippen LogP) is 4.40. The number of nitrogens with one attached hydrogen (secondary N) is 2. The topological polar surface area (TPSA) is 40.7 Å². The van der Waals surface area contributed by atoms with E-state index in [-0.39, 0.29) is 0 Å². The molecule has 2 N–H and O–H groups in total. The maximum absolute atomic E-state index is 6.12. The van der Waals surface area contributed by atoms with E-state index < -0.39 is 0 Å². The molecular formula is C16H16ClN3S. The largest absolute Gasteiger partial charge is 0.333 e. The number of H-pyrrole nitrogens is 1. The van der Waals surface area contributed by atoms with Gasteiger partial charge in [0.25, 0.3) is 0 Å². The molecule has 0 fully saturated rings. The Morgan fingerprint density at radius 2 is 2.10 bits per heavy atom. The molecule has 3 nitrogen and oxygen atoms in total. The molecule has 21 heavy (non-hydrogen) atoms. The SMILES string of the molecule is CNCc1ccc(Cl)cc1Sc1nc2ccc(C)cc2[nH]1. The van der Waals surface area contributed by atoms with E-state index >= 15 is 0 Å². The van der Waals surface area contributed by atoms with Crippen molar-refractivity contribution < 1.29 is 0 Å². The van der Waals surface area contributed by atoms with E-state index in [0.717, 1.165) is 32.7 Å². The first-order valence-electron chi connectivity index (χ1n) is 6.73. The first kappa shape index (κ1) is 14.4. The number of aromatic amines is 1. The Kier molecular flexibility index (Phi) is 4.19. The van der Waals surface area contributed by atoms with Gasteiger partial charge in [-0.05, 0) is 49.4 Å². The highest BCUT2D eigenvalue weighted by Crippen LogP contribution is 2.32. The van der Waals surface area contributed by atoms with Gasteiger partial charge in [0.15, 0.2) is 5.16 Å². The fraction of sp³-hybridized carbons (Fsp3) is 0.188. The van der Waals surface area contributed by atoms with E-state index in [9.17, 15) is 0 Å². The lowest BCUT2D eigenvalue weighted by molar-refractivity contribution is 0.803. The number of rotatable bonds is 4. The van der Waals surface area contributed by atoms with Crippen LogP contribution in [0.1, 0.15) is 11.1 Å². The molecule has 2 aromatic carbocycles. The normalized spacial score (nSPS) is 11.2. The highest BCUT2D eigenvalue weighted by molar-refractivity contribution is 7.99. The summed E-state index contributed by atoms with van der Waals surface area (Å²) in [5.41, 5.74) is 4.49. The van der Waals surface area contributed by atoms with Crippen molar-refractivity contribution in [2.24, 2.45) is 0 Å². The van der Waals surface area contributed by atoms with E-state index in [1.54, 1.807) is 11.8 Å². The fourth-order valence-electron chi connectivity index (χ4n) is 2.21. The molecular weight excluding hydrogens is 302 g/mol. The molecule has 0 atom stereocenters. The molecule has 0 unspecified atom stereocenters. The highest BCUT2D eigenvalue weighted by atomic mass is 35.5. The lowest BCUT2D eigenvalue weighted by Gasteiger charge is -2.07. The van der Waals surface area contributed by atoms with Crippen LogP contribution < -0.4 is 5.32 Å². The summed E-state index contributed by atoms with van der Waals surface area (Å²) in [5.74, 6) is 0. The van der Waals surface area contributed by atoms with Crippen molar-refractivity contribution in [1.29, 1.82) is 0 Å². The minimum absolute atomic E-state index is 0.740. The van der Waals surface area contributed by atoms with Gasteiger partial charge in [-0.25, -0.2) is 4.98 Å². The molecule has 0 spiro atoms. The number of hydrogen-bond acceptors (Lipinski definition) is 3. The van der Waals surface area contributed by atoms with Crippen molar-refractivity contribution in [2.75, 3.05) is 7.05 Å². The quantitative estimate of drug-likeness (QED) is 0.749. The van der Waals surface area contributed by atoms with Crippen LogP contribution >= 0.6 is 23.4 Å². The number of hydrogen-bond donors (Lipinski definition) is 2. The van der Waals surface area contributed by atoms with Crippen LogP contribution in [-0.4, -0.2) is 17.0 Å². The van der Waals surface area contributed by atoms with Crippen molar-refractivity contribution >= 4 is 34.4 Å². The molecule has 1 heterocycles. The second-order valence-electron chi connectivity index (χ2n) is 4.95. The molecule has 0 saturated carbocycles. The molecule has 0 bridgehead atoms. The van der Waals surface area contributed by atoms with Crippen molar-refractivity contribution in [3.63, 3.8) is 0 Å². The second kappa shape index (κ2) is 6.10. The van der Waals surface area contributed by atoms with Crippen LogP contribution in [0.4, 0.5) is 0 Å². The summed E-state index contributed by atoms with van der Waals surface area (Å²) in [4.78, 5) is 9.10. The van der Waals surface area contributed by atoms with Gasteiger partial charge < -0.3 is 10.3 Å². The highest BCUT2D eigenvalue weighted by Gasteiger charge is 2.09. The third kappa shape index (κ3) is 3.23. The number of aromatic nitrogens is 2. The Morgan fingerprint density at radius 1 is 1.24 bits per heavy atom. The molecule has 0 amide bonds. The third-order valence-corrected chi connectivity index (χ3v) is 4.44. The number of nitrogens with zero attached hydrogens (tertiary/aromatic N) is 1. The maximum atomic E-state index is 6.12. The van der Waals surface area contributed by atoms with Gasteiger partial charge in [0.05, 0.1) is 11.0 Å². The van der Waals surface area contributed by atoms with Gasteiger partial charge in [0.2, 0.25) is 0 Å². The van der Waals surface area contributed by atoms with Crippen molar-refractivity contribution in [3.05, 3.63) is 52.5 Å². The average Bonchev–Trinajstić information content (AvgIpc) is 2.83. The number of fused-ring (bicyclic) bond motifs is 1. The summed E-state index contributed by atoms with van der Waals surface area (Å²) in [6, 6.07) is 12.2. The molecule has 5 heteroatoms. The van der Waals surface area contributed by atoms with Gasteiger partial charge in [-0.15, -0.1) is 0 Å². The van der Waals surface area contributed by atoms with Gasteiger partial charge in [-0.3, -0.25) is 0 Å². The summed E-state index contributed by atoms with van der Waals surface area (Å²) in [7, 11) is 1.94. The predicted molar refractivity (Wildman–Crippen MR) is 89.2 cm³/mol. The molecule has 0 radical (unpaired) electrons. The Balaban J connectivity index is 1.95. The smallest absolute Gasteiger partial charge is 0.171 e. The van der Waals surface area contributed by atoms with Crippen molar-refractivity contribution in [2.45, 2.75) is 23.5 Å². The summed E-state index contributed by atoms with van der Waals surface area (Å²) in [5, 5.41) is 4.80. The minimum Gasteiger partial charge on any atom is -0.333 e. The van der Waals surface area contributed by atoms with E-state index in [2.05, 4.69) is 34.3 Å². The summed E-state index contributed by atoms with van der Waals surface area (Å²) < 4.78 is 0. The molecule has 0 aliphatic rings. The standard InChI is InChI=1S/C16H16ClN3S/c1-10-3-6-13-14(7-10)20-16(19-13)21-15-8-12(17)5-4-11(15)9-18-2/h3-8,18H,9H2,1-2H3,(H,19,20). The zero-order valence-electron chi connectivity index (χ0n) is 11.9. The summed E-state index contributed by atoms with van der Waals surface area (Å²) in [6.45, 7) is 2.88. The molecule has 3 aromatic rings. The van der Waals surface area contributed by atoms with E-state index in [1.807, 2.05) is 31.3 Å². The first-order valence-corrected chi connectivity index (χ1v) is 7.92. The first-order chi connectivity index (χ1) is 10.2. The number of benzene rings is 2. The van der Waals surface area contributed by atoms with Crippen LogP contribution in [0.3, 0.4) is 0 Å². The lowest BCUT2D eigenvalue weighted by Crippen LogP contribution is -2.06. The zero-order chi connectivity index (χ0) is 14.8. The van der Waals surface area contributed by atoms with Gasteiger partial charge in [0.1, 0.15) is 0 Å². The van der Waals surface area contributed by atoms with E-state index in [0.29, 0.717) is 0 Å². The molecule has 0 saturated heterocycles. The van der Waals surface area contributed by atoms with Gasteiger partial charge in [0, 0.05) is 16.5 Å². The summed E-state index contributed by atoms with van der Waals surface area (Å²) >= 11 is 7.73. The van der Waals surface area contributed by atoms with E-state index in [1.165, 1.54) is 11.1 Å². The van der Waals surface area contributed by atoms with Crippen LogP contribution in [0.15, 0.2) is 46.5 Å². The number of imidazole rings is 1. The Morgan fingerprint density at radius 3 is 2.90 bits per heavy atom. The number of halogens is 1. The van der Waals surface area contributed by atoms with Gasteiger partial charge in [-0.1, -0.05) is 35.5 Å². The monoisotopic (exact) mass is 317 g/mol. The van der Waals surface area contributed by atoms with Crippen LogP contribution in [-0.2, 0) is 6.54 Å². The van der Waals surface area contributed by atoms with Crippen LogP contribution in [0.2, 0.25) is 5.02 Å².